The fraction of sp³-hybridized carbons (Fsp3) is 0.235. The Kier molecular flexibility index (Phi) is 4.38. The van der Waals surface area contributed by atoms with Gasteiger partial charge in [-0.3, -0.25) is 4.79 Å². The number of nitrogens with one attached hydrogen (secondary N) is 2. The van der Waals surface area contributed by atoms with E-state index in [2.05, 4.69) is 10.0 Å². The number of fused-ring (bicyclic) bond motifs is 1. The summed E-state index contributed by atoms with van der Waals surface area (Å²) in [5.41, 5.74) is 2.20. The molecule has 0 fully saturated rings. The van der Waals surface area contributed by atoms with Gasteiger partial charge < -0.3 is 5.32 Å². The summed E-state index contributed by atoms with van der Waals surface area (Å²) in [6.07, 6.45) is 1.51. The molecule has 24 heavy (non-hydrogen) atoms. The number of carbonyl (C=O) groups is 1. The number of carbonyl (C=O) groups excluding carboxylic acids is 1. The SMILES string of the molecule is CNS(=O)(=O)c1ccc(C(=O)N[C@H]2CCc3ccc(F)cc32)cc1. The van der Waals surface area contributed by atoms with Crippen LogP contribution in [0.5, 0.6) is 0 Å². The van der Waals surface area contributed by atoms with E-state index in [1.165, 1.54) is 43.4 Å². The van der Waals surface area contributed by atoms with Crippen molar-refractivity contribution in [3.8, 4) is 0 Å². The van der Waals surface area contributed by atoms with E-state index in [1.54, 1.807) is 6.07 Å². The average Bonchev–Trinajstić information content (AvgIpc) is 2.97. The topological polar surface area (TPSA) is 75.3 Å². The Hall–Kier alpha value is -2.25. The molecule has 5 nitrogen and oxygen atoms in total. The fourth-order valence-corrected chi connectivity index (χ4v) is 3.60. The number of benzene rings is 2. The van der Waals surface area contributed by atoms with Crippen molar-refractivity contribution < 1.29 is 17.6 Å². The molecule has 1 aliphatic rings. The number of amides is 1. The molecular weight excluding hydrogens is 331 g/mol. The zero-order valence-corrected chi connectivity index (χ0v) is 13.9. The van der Waals surface area contributed by atoms with Gasteiger partial charge in [0.05, 0.1) is 10.9 Å². The first-order chi connectivity index (χ1) is 11.4. The predicted molar refractivity (Wildman–Crippen MR) is 87.6 cm³/mol. The molecule has 1 aliphatic carbocycles. The number of halogens is 1. The minimum absolute atomic E-state index is 0.0924. The highest BCUT2D eigenvalue weighted by Gasteiger charge is 2.25. The van der Waals surface area contributed by atoms with Crippen LogP contribution >= 0.6 is 0 Å². The summed E-state index contributed by atoms with van der Waals surface area (Å²) in [6.45, 7) is 0. The molecule has 0 spiro atoms. The van der Waals surface area contributed by atoms with Crippen molar-refractivity contribution in [2.45, 2.75) is 23.8 Å². The molecule has 2 N–H and O–H groups in total. The van der Waals surface area contributed by atoms with Crippen LogP contribution in [0.15, 0.2) is 47.4 Å². The summed E-state index contributed by atoms with van der Waals surface area (Å²) in [5, 5.41) is 2.88. The van der Waals surface area contributed by atoms with Crippen molar-refractivity contribution in [3.63, 3.8) is 0 Å². The van der Waals surface area contributed by atoms with Crippen molar-refractivity contribution in [1.82, 2.24) is 10.0 Å². The molecule has 0 aliphatic heterocycles. The van der Waals surface area contributed by atoms with E-state index in [4.69, 9.17) is 0 Å². The zero-order chi connectivity index (χ0) is 17.3. The maximum Gasteiger partial charge on any atom is 0.251 e. The molecule has 0 bridgehead atoms. The van der Waals surface area contributed by atoms with Crippen LogP contribution in [-0.4, -0.2) is 21.4 Å². The largest absolute Gasteiger partial charge is 0.345 e. The smallest absolute Gasteiger partial charge is 0.251 e. The van der Waals surface area contributed by atoms with Crippen molar-refractivity contribution in [3.05, 3.63) is 65.0 Å². The normalized spacial score (nSPS) is 16.7. The molecule has 2 aromatic carbocycles. The molecule has 1 atom stereocenters. The van der Waals surface area contributed by atoms with Gasteiger partial charge in [0.25, 0.3) is 5.91 Å². The minimum Gasteiger partial charge on any atom is -0.345 e. The van der Waals surface area contributed by atoms with Crippen LogP contribution in [0.2, 0.25) is 0 Å². The summed E-state index contributed by atoms with van der Waals surface area (Å²) >= 11 is 0. The van der Waals surface area contributed by atoms with Crippen molar-refractivity contribution in [1.29, 1.82) is 0 Å². The van der Waals surface area contributed by atoms with Crippen LogP contribution in [0.25, 0.3) is 0 Å². The Morgan fingerprint density at radius 3 is 2.54 bits per heavy atom. The molecule has 1 amide bonds. The lowest BCUT2D eigenvalue weighted by molar-refractivity contribution is 0.0936. The molecule has 0 heterocycles. The van der Waals surface area contributed by atoms with Gasteiger partial charge in [-0.25, -0.2) is 17.5 Å². The van der Waals surface area contributed by atoms with Crippen LogP contribution in [-0.2, 0) is 16.4 Å². The van der Waals surface area contributed by atoms with E-state index in [1.807, 2.05) is 0 Å². The molecule has 0 saturated carbocycles. The third-order valence-corrected chi connectivity index (χ3v) is 5.62. The minimum atomic E-state index is -3.53. The highest BCUT2D eigenvalue weighted by molar-refractivity contribution is 7.89. The maximum atomic E-state index is 13.4. The lowest BCUT2D eigenvalue weighted by atomic mass is 10.1. The molecule has 126 valence electrons. The van der Waals surface area contributed by atoms with E-state index in [0.717, 1.165) is 24.0 Å². The number of hydrogen-bond acceptors (Lipinski definition) is 3. The van der Waals surface area contributed by atoms with Gasteiger partial charge >= 0.3 is 0 Å². The van der Waals surface area contributed by atoms with Crippen LogP contribution in [0.3, 0.4) is 0 Å². The lowest BCUT2D eigenvalue weighted by Gasteiger charge is -2.14. The van der Waals surface area contributed by atoms with Crippen molar-refractivity contribution in [2.75, 3.05) is 7.05 Å². The highest BCUT2D eigenvalue weighted by Crippen LogP contribution is 2.31. The number of hydrogen-bond donors (Lipinski definition) is 2. The third kappa shape index (κ3) is 3.18. The van der Waals surface area contributed by atoms with E-state index in [-0.39, 0.29) is 22.7 Å². The molecule has 7 heteroatoms. The third-order valence-electron chi connectivity index (χ3n) is 4.19. The first-order valence-corrected chi connectivity index (χ1v) is 9.02. The van der Waals surface area contributed by atoms with Gasteiger partial charge in [0.2, 0.25) is 10.0 Å². The van der Waals surface area contributed by atoms with Gasteiger partial charge in [-0.05, 0) is 67.4 Å². The lowest BCUT2D eigenvalue weighted by Crippen LogP contribution is -2.27. The van der Waals surface area contributed by atoms with E-state index < -0.39 is 10.0 Å². The van der Waals surface area contributed by atoms with Crippen molar-refractivity contribution >= 4 is 15.9 Å². The molecule has 3 rings (SSSR count). The van der Waals surface area contributed by atoms with Crippen LogP contribution in [0.4, 0.5) is 4.39 Å². The van der Waals surface area contributed by atoms with Gasteiger partial charge in [-0.2, -0.15) is 0 Å². The number of sulfonamides is 1. The number of aryl methyl sites for hydroxylation is 1. The Bertz CT molecular complexity index is 879. The first kappa shape index (κ1) is 16.6. The fourth-order valence-electron chi connectivity index (χ4n) is 2.87. The average molecular weight is 348 g/mol. The summed E-state index contributed by atoms with van der Waals surface area (Å²) in [6, 6.07) is 10.1. The summed E-state index contributed by atoms with van der Waals surface area (Å²) < 4.78 is 39.0. The van der Waals surface area contributed by atoms with Gasteiger partial charge in [0.1, 0.15) is 5.82 Å². The molecule has 0 aromatic heterocycles. The predicted octanol–water partition coefficient (Wildman–Crippen LogP) is 2.15. The summed E-state index contributed by atoms with van der Waals surface area (Å²) in [5.74, 6) is -0.637. The first-order valence-electron chi connectivity index (χ1n) is 7.53. The second-order valence-electron chi connectivity index (χ2n) is 5.64. The molecular formula is C17H17FN2O3S. The Labute approximate surface area is 139 Å². The van der Waals surface area contributed by atoms with E-state index in [9.17, 15) is 17.6 Å². The van der Waals surface area contributed by atoms with Gasteiger partial charge in [0.15, 0.2) is 0 Å². The number of rotatable bonds is 4. The monoisotopic (exact) mass is 348 g/mol. The Morgan fingerprint density at radius 1 is 1.17 bits per heavy atom. The van der Waals surface area contributed by atoms with Crippen LogP contribution < -0.4 is 10.0 Å². The second-order valence-corrected chi connectivity index (χ2v) is 7.53. The Balaban J connectivity index is 1.76. The molecule has 0 radical (unpaired) electrons. The summed E-state index contributed by atoms with van der Waals surface area (Å²) in [4.78, 5) is 12.4. The van der Waals surface area contributed by atoms with Crippen molar-refractivity contribution in [2.24, 2.45) is 0 Å². The van der Waals surface area contributed by atoms with Gasteiger partial charge in [0, 0.05) is 5.56 Å². The second kappa shape index (κ2) is 6.33. The van der Waals surface area contributed by atoms with E-state index in [0.29, 0.717) is 5.56 Å². The quantitative estimate of drug-likeness (QED) is 0.889. The molecule has 2 aromatic rings. The van der Waals surface area contributed by atoms with Crippen LogP contribution in [0, 0.1) is 5.82 Å². The standard InChI is InChI=1S/C17H17FN2O3S/c1-19-24(22,23)14-7-3-12(4-8-14)17(21)20-16-9-5-11-2-6-13(18)10-15(11)16/h2-4,6-8,10,16,19H,5,9H2,1H3,(H,20,21)/t16-/m0/s1. The van der Waals surface area contributed by atoms with Gasteiger partial charge in [-0.15, -0.1) is 0 Å². The van der Waals surface area contributed by atoms with Crippen LogP contribution in [0.1, 0.15) is 33.9 Å². The zero-order valence-electron chi connectivity index (χ0n) is 13.0. The van der Waals surface area contributed by atoms with E-state index >= 15 is 0 Å². The molecule has 0 unspecified atom stereocenters. The highest BCUT2D eigenvalue weighted by atomic mass is 32.2. The summed E-state index contributed by atoms with van der Waals surface area (Å²) in [7, 11) is -2.21. The Morgan fingerprint density at radius 2 is 1.88 bits per heavy atom. The van der Waals surface area contributed by atoms with Gasteiger partial charge in [-0.1, -0.05) is 6.07 Å². The molecule has 0 saturated heterocycles. The maximum absolute atomic E-state index is 13.4.